The van der Waals surface area contributed by atoms with Crippen molar-refractivity contribution in [3.8, 4) is 11.3 Å². The van der Waals surface area contributed by atoms with E-state index in [4.69, 9.17) is 0 Å². The van der Waals surface area contributed by atoms with Crippen molar-refractivity contribution >= 4 is 44.1 Å². The van der Waals surface area contributed by atoms with Gasteiger partial charge in [0.05, 0.1) is 16.4 Å². The van der Waals surface area contributed by atoms with E-state index in [1.165, 1.54) is 46.2 Å². The zero-order valence-corrected chi connectivity index (χ0v) is 21.8. The van der Waals surface area contributed by atoms with E-state index in [2.05, 4.69) is 68.1 Å². The molecular formula is C31H27F3NS+. The number of hydrogen-bond donors (Lipinski definition) is 0. The zero-order chi connectivity index (χ0) is 25.6. The molecule has 5 aromatic rings. The average molecular weight is 503 g/mol. The van der Waals surface area contributed by atoms with Crippen molar-refractivity contribution in [3.05, 3.63) is 77.5 Å². The molecule has 0 saturated carbocycles. The van der Waals surface area contributed by atoms with Gasteiger partial charge in [0.25, 0.3) is 0 Å². The molecule has 36 heavy (non-hydrogen) atoms. The van der Waals surface area contributed by atoms with Crippen molar-refractivity contribution in [3.63, 3.8) is 0 Å². The Labute approximate surface area is 212 Å². The summed E-state index contributed by atoms with van der Waals surface area (Å²) in [7, 11) is 2.06. The molecule has 1 aromatic heterocycles. The number of fused-ring (bicyclic) bond motifs is 5. The largest absolute Gasteiger partial charge is 0.394 e. The topological polar surface area (TPSA) is 3.88 Å². The number of benzene rings is 4. The highest BCUT2D eigenvalue weighted by molar-refractivity contribution is 8.00. The summed E-state index contributed by atoms with van der Waals surface area (Å²) in [6, 6.07) is 18.5. The standard InChI is InChI=1S/C31H27F3NS/c1-17-21-11-6-7-12-22(21)18(2)29-25(17)28-27-23(13-14-35(28)5)26-19(15-24(27)36-29)9-8-10-20(26)16-30(3,4)31(32,33)34/h6-15H,16H2,1-5H3/q+1. The molecule has 4 aromatic carbocycles. The predicted octanol–water partition coefficient (Wildman–Crippen LogP) is 8.85. The van der Waals surface area contributed by atoms with E-state index in [0.29, 0.717) is 0 Å². The minimum absolute atomic E-state index is 0.0643. The summed E-state index contributed by atoms with van der Waals surface area (Å²) in [6.07, 6.45) is -2.29. The molecule has 0 bridgehead atoms. The Kier molecular flexibility index (Phi) is 5.01. The maximum absolute atomic E-state index is 13.8. The van der Waals surface area contributed by atoms with Crippen LogP contribution in [-0.4, -0.2) is 6.18 Å². The van der Waals surface area contributed by atoms with E-state index in [1.54, 1.807) is 11.8 Å². The highest BCUT2D eigenvalue weighted by atomic mass is 32.2. The Morgan fingerprint density at radius 1 is 0.833 bits per heavy atom. The summed E-state index contributed by atoms with van der Waals surface area (Å²) in [5, 5.41) is 6.56. The SMILES string of the molecule is Cc1c2c(c(C)c3ccccc13)-c1c3c(cc4cccc(CC(C)(C)C(F)(F)F)c4c3cc[n+]1C)S2. The molecule has 0 atom stereocenters. The molecule has 5 heteroatoms. The summed E-state index contributed by atoms with van der Waals surface area (Å²) in [6.45, 7) is 6.96. The molecule has 0 fully saturated rings. The third-order valence-corrected chi connectivity index (χ3v) is 9.09. The third kappa shape index (κ3) is 3.21. The molecule has 182 valence electrons. The quantitative estimate of drug-likeness (QED) is 0.169. The molecule has 0 unspecified atom stereocenters. The second kappa shape index (κ2) is 7.72. The molecular weight excluding hydrogens is 475 g/mol. The fourth-order valence-electron chi connectivity index (χ4n) is 5.77. The minimum Gasteiger partial charge on any atom is -0.200 e. The number of rotatable bonds is 2. The lowest BCUT2D eigenvalue weighted by atomic mass is 9.82. The first-order valence-electron chi connectivity index (χ1n) is 12.1. The number of hydrogen-bond acceptors (Lipinski definition) is 1. The van der Waals surface area contributed by atoms with Crippen LogP contribution in [0.2, 0.25) is 0 Å². The molecule has 0 saturated heterocycles. The summed E-state index contributed by atoms with van der Waals surface area (Å²) in [5.41, 5.74) is 3.78. The van der Waals surface area contributed by atoms with Crippen molar-refractivity contribution in [2.24, 2.45) is 12.5 Å². The van der Waals surface area contributed by atoms with Crippen LogP contribution < -0.4 is 4.57 Å². The first kappa shape index (κ1) is 23.4. The fraction of sp³-hybridized carbons (Fsp3) is 0.258. The maximum atomic E-state index is 13.8. The Balaban J connectivity index is 1.73. The number of nitrogens with zero attached hydrogens (tertiary/aromatic N) is 1. The predicted molar refractivity (Wildman–Crippen MR) is 143 cm³/mol. The highest BCUT2D eigenvalue weighted by Gasteiger charge is 2.47. The first-order chi connectivity index (χ1) is 17.0. The molecule has 0 amide bonds. The smallest absolute Gasteiger partial charge is 0.200 e. The van der Waals surface area contributed by atoms with E-state index in [-0.39, 0.29) is 6.42 Å². The number of halogens is 3. The Bertz CT molecular complexity index is 1730. The maximum Gasteiger partial charge on any atom is 0.394 e. The second-order valence-electron chi connectivity index (χ2n) is 10.6. The Morgan fingerprint density at radius 3 is 2.22 bits per heavy atom. The van der Waals surface area contributed by atoms with Gasteiger partial charge in [-0.1, -0.05) is 68.1 Å². The Hall–Kier alpha value is -3.05. The van der Waals surface area contributed by atoms with Crippen LogP contribution in [0, 0.1) is 19.3 Å². The zero-order valence-electron chi connectivity index (χ0n) is 21.0. The highest BCUT2D eigenvalue weighted by Crippen LogP contribution is 2.53. The molecule has 2 heterocycles. The molecule has 0 N–H and O–H groups in total. The van der Waals surface area contributed by atoms with Crippen molar-refractivity contribution in [2.75, 3.05) is 0 Å². The van der Waals surface area contributed by atoms with Crippen molar-refractivity contribution < 1.29 is 17.7 Å². The van der Waals surface area contributed by atoms with Crippen LogP contribution in [0.3, 0.4) is 0 Å². The number of aromatic nitrogens is 1. The number of alkyl halides is 3. The van der Waals surface area contributed by atoms with Crippen LogP contribution in [0.25, 0.3) is 43.6 Å². The number of pyridine rings is 1. The van der Waals surface area contributed by atoms with Crippen LogP contribution in [0.4, 0.5) is 13.2 Å². The summed E-state index contributed by atoms with van der Waals surface area (Å²) >= 11 is 1.78. The van der Waals surface area contributed by atoms with Crippen LogP contribution in [0.5, 0.6) is 0 Å². The summed E-state index contributed by atoms with van der Waals surface area (Å²) < 4.78 is 43.7. The third-order valence-electron chi connectivity index (χ3n) is 7.84. The minimum atomic E-state index is -4.28. The monoisotopic (exact) mass is 502 g/mol. The van der Waals surface area contributed by atoms with Gasteiger partial charge < -0.3 is 0 Å². The van der Waals surface area contributed by atoms with Gasteiger partial charge in [-0.25, -0.2) is 4.57 Å². The molecule has 0 radical (unpaired) electrons. The van der Waals surface area contributed by atoms with Gasteiger partial charge >= 0.3 is 6.18 Å². The Morgan fingerprint density at radius 2 is 1.53 bits per heavy atom. The lowest BCUT2D eigenvalue weighted by Crippen LogP contribution is -2.34. The van der Waals surface area contributed by atoms with Crippen molar-refractivity contribution in [2.45, 2.75) is 50.1 Å². The lowest BCUT2D eigenvalue weighted by molar-refractivity contribution is -0.659. The van der Waals surface area contributed by atoms with Gasteiger partial charge in [-0.3, -0.25) is 0 Å². The molecule has 0 spiro atoms. The lowest BCUT2D eigenvalue weighted by Gasteiger charge is -2.29. The van der Waals surface area contributed by atoms with Crippen LogP contribution in [0.1, 0.15) is 30.5 Å². The molecule has 1 nitrogen and oxygen atoms in total. The molecule has 0 aliphatic carbocycles. The van der Waals surface area contributed by atoms with Crippen LogP contribution in [-0.2, 0) is 13.5 Å². The average Bonchev–Trinajstić information content (AvgIpc) is 2.83. The molecule has 1 aliphatic rings. The molecule has 1 aliphatic heterocycles. The van der Waals surface area contributed by atoms with Gasteiger partial charge in [-0.15, -0.1) is 0 Å². The van der Waals surface area contributed by atoms with Crippen molar-refractivity contribution in [1.29, 1.82) is 0 Å². The van der Waals surface area contributed by atoms with E-state index in [1.807, 2.05) is 18.2 Å². The van der Waals surface area contributed by atoms with E-state index in [9.17, 15) is 13.2 Å². The normalized spacial score (nSPS) is 13.6. The van der Waals surface area contributed by atoms with Gasteiger partial charge in [-0.2, -0.15) is 13.2 Å². The van der Waals surface area contributed by atoms with Gasteiger partial charge in [0.15, 0.2) is 6.20 Å². The van der Waals surface area contributed by atoms with Crippen molar-refractivity contribution in [1.82, 2.24) is 0 Å². The van der Waals surface area contributed by atoms with Gasteiger partial charge in [0.1, 0.15) is 7.05 Å². The van der Waals surface area contributed by atoms with Crippen LogP contribution >= 0.6 is 11.8 Å². The van der Waals surface area contributed by atoms with Gasteiger partial charge in [-0.05, 0) is 64.6 Å². The van der Waals surface area contributed by atoms with E-state index >= 15 is 0 Å². The summed E-state index contributed by atoms with van der Waals surface area (Å²) in [4.78, 5) is 2.41. The fourth-order valence-corrected chi connectivity index (χ4v) is 7.10. The van der Waals surface area contributed by atoms with E-state index in [0.717, 1.165) is 37.7 Å². The van der Waals surface area contributed by atoms with Gasteiger partial charge in [0.2, 0.25) is 5.69 Å². The van der Waals surface area contributed by atoms with Gasteiger partial charge in [0, 0.05) is 21.2 Å². The first-order valence-corrected chi connectivity index (χ1v) is 12.9. The second-order valence-corrected chi connectivity index (χ2v) is 11.7. The number of aryl methyl sites for hydroxylation is 3. The summed E-state index contributed by atoms with van der Waals surface area (Å²) in [5.74, 6) is 0. The molecule has 6 rings (SSSR count). The van der Waals surface area contributed by atoms with E-state index < -0.39 is 11.6 Å². The van der Waals surface area contributed by atoms with Crippen LogP contribution in [0.15, 0.2) is 70.6 Å².